The first-order valence-corrected chi connectivity index (χ1v) is 3.24. The molecule has 2 nitrogen and oxygen atoms in total. The molecule has 0 unspecified atom stereocenters. The molecule has 0 bridgehead atoms. The van der Waals surface area contributed by atoms with Crippen LogP contribution >= 0.6 is 15.9 Å². The number of halogens is 1. The van der Waals surface area contributed by atoms with Gasteiger partial charge >= 0.3 is 5.97 Å². The van der Waals surface area contributed by atoms with E-state index < -0.39 is 5.97 Å². The van der Waals surface area contributed by atoms with E-state index in [1.54, 1.807) is 6.92 Å². The number of ether oxygens (including phenoxy) is 1. The number of hydrogen-bond donors (Lipinski definition) is 0. The molecule has 0 saturated heterocycles. The van der Waals surface area contributed by atoms with Crippen LogP contribution in [0.1, 0.15) is 6.92 Å². The molecule has 0 aliphatic rings. The Hall–Kier alpha value is -0.530. The molecule has 0 radical (unpaired) electrons. The molecular formula is C6H7BrO2. The summed E-state index contributed by atoms with van der Waals surface area (Å²) in [7, 11) is 0. The Morgan fingerprint density at radius 1 is 1.89 bits per heavy atom. The molecule has 50 valence electrons. The van der Waals surface area contributed by atoms with E-state index in [1.807, 2.05) is 0 Å². The predicted octanol–water partition coefficient (Wildman–Crippen LogP) is 1.61. The highest BCUT2D eigenvalue weighted by molar-refractivity contribution is 9.12. The Kier molecular flexibility index (Phi) is 4.10. The molecule has 0 aromatic heterocycles. The summed E-state index contributed by atoms with van der Waals surface area (Å²) in [6, 6.07) is 0. The lowest BCUT2D eigenvalue weighted by atomic mass is 10.6. The molecule has 0 rings (SSSR count). The van der Waals surface area contributed by atoms with Crippen LogP contribution in [0.4, 0.5) is 0 Å². The van der Waals surface area contributed by atoms with Crippen LogP contribution < -0.4 is 0 Å². The fourth-order valence-electron chi connectivity index (χ4n) is 0.267. The van der Waals surface area contributed by atoms with Gasteiger partial charge in [0.25, 0.3) is 0 Å². The van der Waals surface area contributed by atoms with Crippen LogP contribution in [-0.4, -0.2) is 12.6 Å². The largest absolute Gasteiger partial charge is 0.462 e. The molecule has 0 spiro atoms. The van der Waals surface area contributed by atoms with Crippen LogP contribution in [0, 0.1) is 0 Å². The summed E-state index contributed by atoms with van der Waals surface area (Å²) < 4.78 is 4.81. The Morgan fingerprint density at radius 2 is 2.44 bits per heavy atom. The van der Waals surface area contributed by atoms with Gasteiger partial charge in [-0.1, -0.05) is 6.58 Å². The van der Waals surface area contributed by atoms with Crippen molar-refractivity contribution in [1.29, 1.82) is 0 Å². The third-order valence-corrected chi connectivity index (χ3v) is 1.21. The van der Waals surface area contributed by atoms with E-state index in [4.69, 9.17) is 0 Å². The molecule has 0 aromatic carbocycles. The van der Waals surface area contributed by atoms with Gasteiger partial charge in [-0.3, -0.25) is 0 Å². The Morgan fingerprint density at radius 3 is 2.78 bits per heavy atom. The molecule has 3 heteroatoms. The minimum absolute atomic E-state index is 0.240. The summed E-state index contributed by atoms with van der Waals surface area (Å²) in [5.41, 5.74) is 2.36. The normalized spacial score (nSPS) is 7.78. The fourth-order valence-corrected chi connectivity index (χ4v) is 0.381. The van der Waals surface area contributed by atoms with E-state index >= 15 is 0 Å². The number of carbonyl (C=O) groups is 1. The number of rotatable bonds is 2. The molecule has 9 heavy (non-hydrogen) atoms. The van der Waals surface area contributed by atoms with E-state index in [1.165, 1.54) is 0 Å². The van der Waals surface area contributed by atoms with Gasteiger partial charge < -0.3 is 4.74 Å². The Bertz CT molecular complexity index is 156. The zero-order valence-electron chi connectivity index (χ0n) is 5.11. The van der Waals surface area contributed by atoms with Crippen LogP contribution in [0.5, 0.6) is 0 Å². The molecule has 0 amide bonds. The molecule has 0 fully saturated rings. The maximum absolute atomic E-state index is 10.6. The molecule has 0 atom stereocenters. The van der Waals surface area contributed by atoms with Crippen LogP contribution in [-0.2, 0) is 9.53 Å². The van der Waals surface area contributed by atoms with Gasteiger partial charge in [0.2, 0.25) is 0 Å². The molecule has 0 N–H and O–H groups in total. The summed E-state index contributed by atoms with van der Waals surface area (Å²) in [5, 5.41) is 0. The summed E-state index contributed by atoms with van der Waals surface area (Å²) >= 11 is 2.91. The molecule has 0 saturated carbocycles. The first kappa shape index (κ1) is 8.47. The van der Waals surface area contributed by atoms with Crippen molar-refractivity contribution in [2.24, 2.45) is 0 Å². The van der Waals surface area contributed by atoms with E-state index in [-0.39, 0.29) is 4.48 Å². The second kappa shape index (κ2) is 4.36. The number of carbonyl (C=O) groups excluding carboxylic acids is 1. The van der Waals surface area contributed by atoms with Gasteiger partial charge in [0, 0.05) is 0 Å². The van der Waals surface area contributed by atoms with E-state index in [2.05, 4.69) is 33.0 Å². The van der Waals surface area contributed by atoms with Gasteiger partial charge in [-0.2, -0.15) is 0 Å². The zero-order valence-corrected chi connectivity index (χ0v) is 6.69. The second-order valence-corrected chi connectivity index (χ2v) is 2.00. The highest BCUT2D eigenvalue weighted by Gasteiger charge is 2.02. The van der Waals surface area contributed by atoms with Gasteiger partial charge in [0.05, 0.1) is 6.61 Å². The lowest BCUT2D eigenvalue weighted by Gasteiger charge is -1.95. The first-order chi connectivity index (χ1) is 4.22. The lowest BCUT2D eigenvalue weighted by Crippen LogP contribution is -2.01. The van der Waals surface area contributed by atoms with Crippen molar-refractivity contribution in [3.8, 4) is 0 Å². The number of esters is 1. The summed E-state index contributed by atoms with van der Waals surface area (Å²) in [6.45, 7) is 5.36. The Balaban J connectivity index is 3.89. The third-order valence-electron chi connectivity index (χ3n) is 0.610. The van der Waals surface area contributed by atoms with Crippen molar-refractivity contribution >= 4 is 21.9 Å². The second-order valence-electron chi connectivity index (χ2n) is 1.21. The van der Waals surface area contributed by atoms with Gasteiger partial charge in [0.15, 0.2) is 0 Å². The minimum atomic E-state index is -0.424. The predicted molar refractivity (Wildman–Crippen MR) is 38.2 cm³/mol. The molecule has 0 heterocycles. The van der Waals surface area contributed by atoms with Crippen molar-refractivity contribution in [3.05, 3.63) is 16.8 Å². The SMILES string of the molecule is C=C=C(Br)C(=O)OCC. The van der Waals surface area contributed by atoms with Crippen molar-refractivity contribution in [3.63, 3.8) is 0 Å². The van der Waals surface area contributed by atoms with Gasteiger partial charge in [-0.15, -0.1) is 5.73 Å². The van der Waals surface area contributed by atoms with Crippen LogP contribution in [0.15, 0.2) is 16.8 Å². The summed E-state index contributed by atoms with van der Waals surface area (Å²) in [5.74, 6) is -0.424. The quantitative estimate of drug-likeness (QED) is 0.376. The maximum atomic E-state index is 10.6. The summed E-state index contributed by atoms with van der Waals surface area (Å²) in [4.78, 5) is 10.6. The molecular weight excluding hydrogens is 184 g/mol. The molecule has 0 aliphatic heterocycles. The smallest absolute Gasteiger partial charge is 0.353 e. The fraction of sp³-hybridized carbons (Fsp3) is 0.333. The molecule has 0 aromatic rings. The average molecular weight is 191 g/mol. The topological polar surface area (TPSA) is 26.3 Å². The number of hydrogen-bond acceptors (Lipinski definition) is 2. The third kappa shape index (κ3) is 3.12. The van der Waals surface area contributed by atoms with Gasteiger partial charge in [-0.05, 0) is 22.9 Å². The van der Waals surface area contributed by atoms with Crippen molar-refractivity contribution in [1.82, 2.24) is 0 Å². The highest BCUT2D eigenvalue weighted by Crippen LogP contribution is 2.03. The molecule has 0 aliphatic carbocycles. The highest BCUT2D eigenvalue weighted by atomic mass is 79.9. The van der Waals surface area contributed by atoms with Gasteiger partial charge in [-0.25, -0.2) is 4.79 Å². The zero-order chi connectivity index (χ0) is 7.28. The van der Waals surface area contributed by atoms with E-state index in [0.29, 0.717) is 6.61 Å². The van der Waals surface area contributed by atoms with Gasteiger partial charge in [0.1, 0.15) is 4.48 Å². The Labute approximate surface area is 62.3 Å². The monoisotopic (exact) mass is 190 g/mol. The maximum Gasteiger partial charge on any atom is 0.353 e. The summed E-state index contributed by atoms with van der Waals surface area (Å²) in [6.07, 6.45) is 0. The lowest BCUT2D eigenvalue weighted by molar-refractivity contribution is -0.137. The van der Waals surface area contributed by atoms with E-state index in [9.17, 15) is 4.79 Å². The van der Waals surface area contributed by atoms with E-state index in [0.717, 1.165) is 0 Å². The van der Waals surface area contributed by atoms with Crippen molar-refractivity contribution in [2.45, 2.75) is 6.92 Å². The van der Waals surface area contributed by atoms with Crippen LogP contribution in [0.25, 0.3) is 0 Å². The standard InChI is InChI=1S/C6H7BrO2/c1-3-5(7)6(8)9-4-2/h1,4H2,2H3. The average Bonchev–Trinajstić information content (AvgIpc) is 1.87. The van der Waals surface area contributed by atoms with Crippen LogP contribution in [0.2, 0.25) is 0 Å². The minimum Gasteiger partial charge on any atom is -0.462 e. The van der Waals surface area contributed by atoms with Crippen molar-refractivity contribution < 1.29 is 9.53 Å². The van der Waals surface area contributed by atoms with Crippen molar-refractivity contribution in [2.75, 3.05) is 6.61 Å². The van der Waals surface area contributed by atoms with Crippen LogP contribution in [0.3, 0.4) is 0 Å². The first-order valence-electron chi connectivity index (χ1n) is 2.45.